The number of nitrogens with zero attached hydrogens (tertiary/aromatic N) is 2. The molecule has 0 spiro atoms. The van der Waals surface area contributed by atoms with Crippen LogP contribution in [0, 0.1) is 0 Å². The molecule has 2 rings (SSSR count). The number of benzene rings is 1. The Morgan fingerprint density at radius 1 is 1.15 bits per heavy atom. The van der Waals surface area contributed by atoms with E-state index in [-0.39, 0.29) is 0 Å². The fourth-order valence-corrected chi connectivity index (χ4v) is 1.26. The van der Waals surface area contributed by atoms with Crippen LogP contribution in [-0.4, -0.2) is 12.2 Å². The quantitative estimate of drug-likeness (QED) is 0.509. The Hall–Kier alpha value is -2.02. The molecule has 62 valence electrons. The van der Waals surface area contributed by atoms with Crippen molar-refractivity contribution in [2.75, 3.05) is 0 Å². The van der Waals surface area contributed by atoms with Crippen molar-refractivity contribution in [3.05, 3.63) is 23.3 Å². The SMILES string of the molecule is O=C=Nc1ccc2c(c1N=C=O)C2. The van der Waals surface area contributed by atoms with Gasteiger partial charge in [0.1, 0.15) is 11.4 Å². The number of carbonyl (C=O) groups excluding carboxylic acids is 2. The summed E-state index contributed by atoms with van der Waals surface area (Å²) in [5.41, 5.74) is 2.95. The first-order valence-electron chi connectivity index (χ1n) is 3.67. The molecule has 0 atom stereocenters. The van der Waals surface area contributed by atoms with E-state index in [1.165, 1.54) is 12.2 Å². The van der Waals surface area contributed by atoms with Crippen LogP contribution in [0.4, 0.5) is 11.4 Å². The lowest BCUT2D eigenvalue weighted by Gasteiger charge is -1.92. The molecule has 0 N–H and O–H groups in total. The zero-order valence-corrected chi connectivity index (χ0v) is 6.57. The summed E-state index contributed by atoms with van der Waals surface area (Å²) in [5, 5.41) is 0. The Morgan fingerprint density at radius 3 is 2.62 bits per heavy atom. The van der Waals surface area contributed by atoms with Gasteiger partial charge in [-0.3, -0.25) is 0 Å². The van der Waals surface area contributed by atoms with E-state index in [0.29, 0.717) is 11.4 Å². The lowest BCUT2D eigenvalue weighted by Crippen LogP contribution is -1.67. The molecule has 4 heteroatoms. The molecular weight excluding hydrogens is 168 g/mol. The van der Waals surface area contributed by atoms with Gasteiger partial charge in [0, 0.05) is 6.42 Å². The van der Waals surface area contributed by atoms with Crippen LogP contribution < -0.4 is 0 Å². The molecule has 0 fully saturated rings. The van der Waals surface area contributed by atoms with Gasteiger partial charge >= 0.3 is 0 Å². The summed E-state index contributed by atoms with van der Waals surface area (Å²) >= 11 is 0. The van der Waals surface area contributed by atoms with Crippen LogP contribution in [0.1, 0.15) is 11.1 Å². The molecule has 13 heavy (non-hydrogen) atoms. The third-order valence-corrected chi connectivity index (χ3v) is 1.92. The van der Waals surface area contributed by atoms with Crippen LogP contribution in [0.15, 0.2) is 22.1 Å². The first-order valence-corrected chi connectivity index (χ1v) is 3.67. The van der Waals surface area contributed by atoms with Gasteiger partial charge in [-0.25, -0.2) is 9.59 Å². The Kier molecular flexibility index (Phi) is 1.64. The number of isocyanates is 2. The Bertz CT molecular complexity index is 467. The van der Waals surface area contributed by atoms with Gasteiger partial charge < -0.3 is 0 Å². The lowest BCUT2D eigenvalue weighted by molar-refractivity contribution is 0.564. The fourth-order valence-electron chi connectivity index (χ4n) is 1.26. The van der Waals surface area contributed by atoms with Gasteiger partial charge in [-0.1, -0.05) is 6.07 Å². The average Bonchev–Trinajstić information content (AvgIpc) is 2.88. The highest BCUT2D eigenvalue weighted by Gasteiger charge is 2.23. The second-order valence-electron chi connectivity index (χ2n) is 2.65. The summed E-state index contributed by atoms with van der Waals surface area (Å²) in [6, 6.07) is 3.50. The second-order valence-corrected chi connectivity index (χ2v) is 2.65. The molecule has 0 radical (unpaired) electrons. The molecule has 4 nitrogen and oxygen atoms in total. The predicted octanol–water partition coefficient (Wildman–Crippen LogP) is 1.53. The fraction of sp³-hybridized carbons (Fsp3) is 0.111. The second kappa shape index (κ2) is 2.79. The van der Waals surface area contributed by atoms with E-state index in [0.717, 1.165) is 17.5 Å². The topological polar surface area (TPSA) is 58.9 Å². The molecular formula is C9H4N2O2. The third-order valence-electron chi connectivity index (χ3n) is 1.92. The van der Waals surface area contributed by atoms with Crippen molar-refractivity contribution in [3.63, 3.8) is 0 Å². The van der Waals surface area contributed by atoms with Gasteiger partial charge in [0.2, 0.25) is 12.2 Å². The van der Waals surface area contributed by atoms with Gasteiger partial charge in [-0.15, -0.1) is 0 Å². The van der Waals surface area contributed by atoms with E-state index < -0.39 is 0 Å². The molecule has 0 unspecified atom stereocenters. The normalized spacial score (nSPS) is 10.8. The molecule has 0 amide bonds. The molecule has 0 saturated heterocycles. The van der Waals surface area contributed by atoms with Crippen molar-refractivity contribution in [2.24, 2.45) is 9.98 Å². The number of aliphatic imine (C=N–C) groups is 2. The molecule has 1 aromatic carbocycles. The highest BCUT2D eigenvalue weighted by molar-refractivity contribution is 5.77. The van der Waals surface area contributed by atoms with Gasteiger partial charge in [0.25, 0.3) is 0 Å². The first-order chi connectivity index (χ1) is 6.36. The van der Waals surface area contributed by atoms with E-state index in [4.69, 9.17) is 0 Å². The molecule has 0 saturated carbocycles. The van der Waals surface area contributed by atoms with Crippen molar-refractivity contribution in [2.45, 2.75) is 6.42 Å². The summed E-state index contributed by atoms with van der Waals surface area (Å²) in [6.45, 7) is 0. The highest BCUT2D eigenvalue weighted by Crippen LogP contribution is 2.43. The number of hydrogen-bond acceptors (Lipinski definition) is 4. The lowest BCUT2D eigenvalue weighted by atomic mass is 10.3. The van der Waals surface area contributed by atoms with Crippen LogP contribution in [0.3, 0.4) is 0 Å². The molecule has 1 aliphatic carbocycles. The molecule has 1 aromatic rings. The monoisotopic (exact) mass is 172 g/mol. The minimum atomic E-state index is 0.384. The summed E-state index contributed by atoms with van der Waals surface area (Å²) in [4.78, 5) is 27.0. The van der Waals surface area contributed by atoms with Crippen molar-refractivity contribution >= 4 is 23.5 Å². The van der Waals surface area contributed by atoms with E-state index in [9.17, 15) is 9.59 Å². The van der Waals surface area contributed by atoms with Crippen molar-refractivity contribution in [1.82, 2.24) is 0 Å². The maximum Gasteiger partial charge on any atom is 0.240 e. The number of fused-ring (bicyclic) bond motifs is 1. The summed E-state index contributed by atoms with van der Waals surface area (Å²) < 4.78 is 0. The Morgan fingerprint density at radius 2 is 1.92 bits per heavy atom. The van der Waals surface area contributed by atoms with Gasteiger partial charge in [-0.05, 0) is 17.2 Å². The molecule has 0 bridgehead atoms. The standard InChI is InChI=1S/C9H4N2O2/c12-4-10-8-2-1-6-3-7(6)9(8)11-5-13/h1-2H,3H2. The predicted molar refractivity (Wildman–Crippen MR) is 44.8 cm³/mol. The minimum Gasteiger partial charge on any atom is -0.211 e. The molecule has 0 aliphatic heterocycles. The molecule has 0 aromatic heterocycles. The zero-order chi connectivity index (χ0) is 9.26. The summed E-state index contributed by atoms with van der Waals surface area (Å²) in [7, 11) is 0. The first kappa shape index (κ1) is 7.62. The van der Waals surface area contributed by atoms with Crippen LogP contribution in [0.5, 0.6) is 0 Å². The number of hydrogen-bond donors (Lipinski definition) is 0. The van der Waals surface area contributed by atoms with E-state index in [1.807, 2.05) is 6.07 Å². The van der Waals surface area contributed by atoms with Gasteiger partial charge in [0.05, 0.1) is 0 Å². The maximum atomic E-state index is 10.1. The summed E-state index contributed by atoms with van der Waals surface area (Å²) in [6.07, 6.45) is 3.67. The van der Waals surface area contributed by atoms with Crippen molar-refractivity contribution in [3.8, 4) is 0 Å². The smallest absolute Gasteiger partial charge is 0.211 e. The maximum absolute atomic E-state index is 10.1. The van der Waals surface area contributed by atoms with E-state index in [1.54, 1.807) is 6.07 Å². The molecule has 1 aliphatic rings. The summed E-state index contributed by atoms with van der Waals surface area (Å²) in [5.74, 6) is 0. The van der Waals surface area contributed by atoms with E-state index >= 15 is 0 Å². The number of rotatable bonds is 2. The Balaban J connectivity index is 2.63. The highest BCUT2D eigenvalue weighted by atomic mass is 16.1. The largest absolute Gasteiger partial charge is 0.240 e. The average molecular weight is 172 g/mol. The van der Waals surface area contributed by atoms with Crippen molar-refractivity contribution < 1.29 is 9.59 Å². The third kappa shape index (κ3) is 1.20. The van der Waals surface area contributed by atoms with Crippen LogP contribution in [0.25, 0.3) is 0 Å². The van der Waals surface area contributed by atoms with Crippen LogP contribution >= 0.6 is 0 Å². The zero-order valence-electron chi connectivity index (χ0n) is 6.57. The van der Waals surface area contributed by atoms with Gasteiger partial charge in [-0.2, -0.15) is 9.98 Å². The van der Waals surface area contributed by atoms with Crippen LogP contribution in [-0.2, 0) is 16.0 Å². The van der Waals surface area contributed by atoms with E-state index in [2.05, 4.69) is 9.98 Å². The van der Waals surface area contributed by atoms with Gasteiger partial charge in [0.15, 0.2) is 0 Å². The Labute approximate surface area is 73.6 Å². The molecule has 0 heterocycles. The van der Waals surface area contributed by atoms with Crippen LogP contribution in [0.2, 0.25) is 0 Å². The minimum absolute atomic E-state index is 0.384. The van der Waals surface area contributed by atoms with Crippen molar-refractivity contribution in [1.29, 1.82) is 0 Å².